The van der Waals surface area contributed by atoms with E-state index in [2.05, 4.69) is 4.72 Å². The van der Waals surface area contributed by atoms with E-state index in [1.54, 1.807) is 25.1 Å². The van der Waals surface area contributed by atoms with E-state index in [-0.39, 0.29) is 16.1 Å². The number of nitrogens with one attached hydrogen (secondary N) is 1. The molecule has 0 amide bonds. The number of thioether (sulfide) groups is 1. The number of aromatic carboxylic acids is 1. The first-order valence-corrected chi connectivity index (χ1v) is 11.3. The summed E-state index contributed by atoms with van der Waals surface area (Å²) in [5, 5.41) is 9.93. The molecule has 0 saturated carbocycles. The van der Waals surface area contributed by atoms with Crippen molar-refractivity contribution in [3.63, 3.8) is 0 Å². The van der Waals surface area contributed by atoms with Crippen molar-refractivity contribution in [2.45, 2.75) is 11.8 Å². The zero-order chi connectivity index (χ0) is 19.6. The Morgan fingerprint density at radius 3 is 2.52 bits per heavy atom. The first-order valence-electron chi connectivity index (χ1n) is 8.27. The van der Waals surface area contributed by atoms with Gasteiger partial charge in [0.25, 0.3) is 10.0 Å². The van der Waals surface area contributed by atoms with E-state index in [4.69, 9.17) is 11.6 Å². The second-order valence-corrected chi connectivity index (χ2v) is 9.47. The average Bonchev–Trinajstić information content (AvgIpc) is 2.64. The second-order valence-electron chi connectivity index (χ2n) is 6.15. The molecule has 0 atom stereocenters. The van der Waals surface area contributed by atoms with Crippen LogP contribution in [-0.4, -0.2) is 44.1 Å². The largest absolute Gasteiger partial charge is 0.478 e. The van der Waals surface area contributed by atoms with Crippen molar-refractivity contribution in [3.8, 4) is 0 Å². The van der Waals surface area contributed by atoms with E-state index in [0.717, 1.165) is 30.2 Å². The summed E-state index contributed by atoms with van der Waals surface area (Å²) in [6.45, 7) is 3.30. The van der Waals surface area contributed by atoms with Crippen LogP contribution < -0.4 is 9.62 Å². The Hall–Kier alpha value is -1.90. The van der Waals surface area contributed by atoms with Crippen LogP contribution in [0.5, 0.6) is 0 Å². The van der Waals surface area contributed by atoms with Gasteiger partial charge in [0.15, 0.2) is 0 Å². The summed E-state index contributed by atoms with van der Waals surface area (Å²) in [5.74, 6) is 0.770. The van der Waals surface area contributed by atoms with Gasteiger partial charge in [-0.05, 0) is 42.8 Å². The number of aryl methyl sites for hydroxylation is 1. The van der Waals surface area contributed by atoms with Crippen molar-refractivity contribution in [2.75, 3.05) is 34.2 Å². The summed E-state index contributed by atoms with van der Waals surface area (Å²) in [4.78, 5) is 13.7. The number of sulfonamides is 1. The molecule has 0 spiro atoms. The molecule has 3 rings (SSSR count). The number of hydrogen-bond donors (Lipinski definition) is 2. The molecule has 2 aromatic carbocycles. The Labute approximate surface area is 167 Å². The lowest BCUT2D eigenvalue weighted by molar-refractivity contribution is 0.0697. The highest BCUT2D eigenvalue weighted by Crippen LogP contribution is 2.28. The van der Waals surface area contributed by atoms with Crippen molar-refractivity contribution in [2.24, 2.45) is 0 Å². The van der Waals surface area contributed by atoms with E-state index >= 15 is 0 Å². The van der Waals surface area contributed by atoms with Gasteiger partial charge in [0.1, 0.15) is 0 Å². The summed E-state index contributed by atoms with van der Waals surface area (Å²) < 4.78 is 27.6. The molecule has 0 aromatic heterocycles. The van der Waals surface area contributed by atoms with Crippen molar-refractivity contribution < 1.29 is 18.3 Å². The number of nitrogens with zero attached hydrogens (tertiary/aromatic N) is 1. The van der Waals surface area contributed by atoms with Gasteiger partial charge in [0.2, 0.25) is 0 Å². The monoisotopic (exact) mass is 426 g/mol. The lowest BCUT2D eigenvalue weighted by atomic mass is 10.1. The molecule has 6 nitrogen and oxygen atoms in total. The Kier molecular flexibility index (Phi) is 5.88. The van der Waals surface area contributed by atoms with Crippen LogP contribution in [0.4, 0.5) is 11.4 Å². The molecule has 0 radical (unpaired) electrons. The maximum atomic E-state index is 12.6. The van der Waals surface area contributed by atoms with Crippen LogP contribution in [0.2, 0.25) is 5.02 Å². The van der Waals surface area contributed by atoms with Gasteiger partial charge in [-0.3, -0.25) is 4.72 Å². The third-order valence-electron chi connectivity index (χ3n) is 4.28. The summed E-state index contributed by atoms with van der Waals surface area (Å²) in [5.41, 5.74) is 1.64. The van der Waals surface area contributed by atoms with Crippen LogP contribution in [-0.2, 0) is 10.0 Å². The number of carbonyl (C=O) groups is 1. The van der Waals surface area contributed by atoms with Gasteiger partial charge < -0.3 is 10.0 Å². The minimum absolute atomic E-state index is 0.0205. The van der Waals surface area contributed by atoms with Crippen LogP contribution in [0.15, 0.2) is 41.3 Å². The molecule has 1 aliphatic heterocycles. The maximum Gasteiger partial charge on any atom is 0.337 e. The molecule has 1 saturated heterocycles. The average molecular weight is 427 g/mol. The minimum Gasteiger partial charge on any atom is -0.478 e. The minimum atomic E-state index is -3.88. The summed E-state index contributed by atoms with van der Waals surface area (Å²) in [7, 11) is -3.88. The van der Waals surface area contributed by atoms with Gasteiger partial charge in [-0.2, -0.15) is 11.8 Å². The molecular formula is C18H19ClN2O4S2. The fraction of sp³-hybridized carbons (Fsp3) is 0.278. The van der Waals surface area contributed by atoms with E-state index in [1.807, 2.05) is 16.7 Å². The molecular weight excluding hydrogens is 408 g/mol. The predicted octanol–water partition coefficient (Wildman–Crippen LogP) is 3.70. The molecule has 1 fully saturated rings. The molecule has 0 unspecified atom stereocenters. The van der Waals surface area contributed by atoms with Crippen molar-refractivity contribution >= 4 is 50.7 Å². The number of carboxylic acid groups (broad SMARTS) is 1. The molecule has 1 heterocycles. The van der Waals surface area contributed by atoms with E-state index in [9.17, 15) is 18.3 Å². The fourth-order valence-corrected chi connectivity index (χ4v) is 5.03. The molecule has 0 bridgehead atoms. The highest BCUT2D eigenvalue weighted by Gasteiger charge is 2.21. The number of hydrogen-bond acceptors (Lipinski definition) is 5. The van der Waals surface area contributed by atoms with Gasteiger partial charge in [-0.1, -0.05) is 17.7 Å². The Balaban J connectivity index is 1.91. The normalized spacial score (nSPS) is 14.8. The van der Waals surface area contributed by atoms with E-state index < -0.39 is 16.0 Å². The SMILES string of the molecule is Cc1ccc(S(=O)(=O)Nc2ccc(N3CCSCC3)c(C(=O)O)c2)cc1Cl. The van der Waals surface area contributed by atoms with Gasteiger partial charge in [-0.15, -0.1) is 0 Å². The van der Waals surface area contributed by atoms with Gasteiger partial charge >= 0.3 is 5.97 Å². The summed E-state index contributed by atoms with van der Waals surface area (Å²) in [6.07, 6.45) is 0. The number of anilines is 2. The highest BCUT2D eigenvalue weighted by atomic mass is 35.5. The lowest BCUT2D eigenvalue weighted by Crippen LogP contribution is -2.33. The Morgan fingerprint density at radius 1 is 1.19 bits per heavy atom. The smallest absolute Gasteiger partial charge is 0.337 e. The molecule has 0 aliphatic carbocycles. The third-order valence-corrected chi connectivity index (χ3v) is 7.01. The maximum absolute atomic E-state index is 12.6. The topological polar surface area (TPSA) is 86.7 Å². The van der Waals surface area contributed by atoms with E-state index in [1.165, 1.54) is 18.2 Å². The standard InChI is InChI=1S/C18H19ClN2O4S2/c1-12-2-4-14(11-16(12)19)27(24,25)20-13-3-5-17(15(10-13)18(22)23)21-6-8-26-9-7-21/h2-5,10-11,20H,6-9H2,1H3,(H,22,23). The number of halogens is 1. The first-order chi connectivity index (χ1) is 12.8. The number of rotatable bonds is 5. The van der Waals surface area contributed by atoms with Gasteiger partial charge in [-0.25, -0.2) is 13.2 Å². The van der Waals surface area contributed by atoms with Crippen LogP contribution in [0.25, 0.3) is 0 Å². The first kappa shape index (κ1) is 19.9. The zero-order valence-corrected chi connectivity index (χ0v) is 17.0. The predicted molar refractivity (Wildman–Crippen MR) is 110 cm³/mol. The second kappa shape index (κ2) is 8.00. The van der Waals surface area contributed by atoms with Crippen LogP contribution in [0.3, 0.4) is 0 Å². The highest BCUT2D eigenvalue weighted by molar-refractivity contribution is 7.99. The van der Waals surface area contributed by atoms with Crippen molar-refractivity contribution in [3.05, 3.63) is 52.5 Å². The summed E-state index contributed by atoms with van der Waals surface area (Å²) in [6, 6.07) is 9.04. The third kappa shape index (κ3) is 4.51. The van der Waals surface area contributed by atoms with Gasteiger partial charge in [0.05, 0.1) is 16.1 Å². The molecule has 1 aliphatic rings. The quantitative estimate of drug-likeness (QED) is 0.758. The molecule has 27 heavy (non-hydrogen) atoms. The molecule has 2 N–H and O–H groups in total. The van der Waals surface area contributed by atoms with Crippen molar-refractivity contribution in [1.29, 1.82) is 0 Å². The zero-order valence-electron chi connectivity index (χ0n) is 14.6. The fourth-order valence-electron chi connectivity index (χ4n) is 2.81. The Bertz CT molecular complexity index is 973. The van der Waals surface area contributed by atoms with E-state index in [0.29, 0.717) is 10.7 Å². The number of carboxylic acids is 1. The van der Waals surface area contributed by atoms with Gasteiger partial charge in [0, 0.05) is 35.3 Å². The molecule has 144 valence electrons. The van der Waals surface area contributed by atoms with Crippen LogP contribution in [0.1, 0.15) is 15.9 Å². The van der Waals surface area contributed by atoms with Crippen LogP contribution >= 0.6 is 23.4 Å². The number of benzene rings is 2. The lowest BCUT2D eigenvalue weighted by Gasteiger charge is -2.29. The van der Waals surface area contributed by atoms with Crippen LogP contribution in [0, 0.1) is 6.92 Å². The van der Waals surface area contributed by atoms with Crippen molar-refractivity contribution in [1.82, 2.24) is 0 Å². The summed E-state index contributed by atoms with van der Waals surface area (Å²) >= 11 is 7.85. The molecule has 9 heteroatoms. The molecule has 2 aromatic rings. The Morgan fingerprint density at radius 2 is 1.89 bits per heavy atom.